The average Bonchev–Trinajstić information content (AvgIpc) is 2.59. The van der Waals surface area contributed by atoms with Gasteiger partial charge in [-0.25, -0.2) is 0 Å². The molecule has 26 heavy (non-hydrogen) atoms. The Morgan fingerprint density at radius 3 is 2.62 bits per heavy atom. The summed E-state index contributed by atoms with van der Waals surface area (Å²) in [5, 5.41) is 10.2. The van der Waals surface area contributed by atoms with Crippen LogP contribution in [0.5, 0.6) is 11.5 Å². The van der Waals surface area contributed by atoms with Crippen molar-refractivity contribution >= 4 is 21.7 Å². The van der Waals surface area contributed by atoms with Gasteiger partial charge < -0.3 is 15.6 Å². The van der Waals surface area contributed by atoms with E-state index in [4.69, 9.17) is 10.5 Å². The van der Waals surface area contributed by atoms with E-state index in [9.17, 15) is 9.90 Å². The number of aromatic hydroxyl groups is 1. The van der Waals surface area contributed by atoms with E-state index in [1.54, 1.807) is 42.5 Å². The molecule has 0 spiro atoms. The highest BCUT2D eigenvalue weighted by Gasteiger charge is 2.14. The van der Waals surface area contributed by atoms with Crippen molar-refractivity contribution in [2.75, 3.05) is 6.61 Å². The van der Waals surface area contributed by atoms with Crippen molar-refractivity contribution in [3.8, 4) is 11.5 Å². The summed E-state index contributed by atoms with van der Waals surface area (Å²) in [5.74, 6) is 0.112. The summed E-state index contributed by atoms with van der Waals surface area (Å²) in [6, 6.07) is 11.6. The molecule has 0 aliphatic carbocycles. The van der Waals surface area contributed by atoms with E-state index in [2.05, 4.69) is 22.5 Å². The Morgan fingerprint density at radius 2 is 2.00 bits per heavy atom. The van der Waals surface area contributed by atoms with Crippen molar-refractivity contribution in [3.05, 3.63) is 82.9 Å². The van der Waals surface area contributed by atoms with Crippen LogP contribution in [0, 0.1) is 0 Å². The molecule has 0 aliphatic heterocycles. The molecule has 2 rings (SSSR count). The second-order valence-electron chi connectivity index (χ2n) is 6.23. The summed E-state index contributed by atoms with van der Waals surface area (Å²) >= 11 is 3.33. The summed E-state index contributed by atoms with van der Waals surface area (Å²) in [6.07, 6.45) is 6.11. The summed E-state index contributed by atoms with van der Waals surface area (Å²) in [4.78, 5) is 12.5. The van der Waals surface area contributed by atoms with E-state index in [1.807, 2.05) is 19.1 Å². The number of ether oxygens (including phenoxy) is 1. The fraction of sp³-hybridized carbons (Fsp3) is 0.190. The Bertz CT molecular complexity index is 811. The van der Waals surface area contributed by atoms with Gasteiger partial charge in [-0.2, -0.15) is 0 Å². The van der Waals surface area contributed by atoms with Gasteiger partial charge in [0.2, 0.25) is 0 Å². The molecule has 0 amide bonds. The highest BCUT2D eigenvalue weighted by Crippen LogP contribution is 2.26. The molecule has 3 N–H and O–H groups in total. The number of halogens is 1. The van der Waals surface area contributed by atoms with Crippen molar-refractivity contribution in [1.29, 1.82) is 0 Å². The number of benzene rings is 2. The highest BCUT2D eigenvalue weighted by molar-refractivity contribution is 9.10. The molecule has 1 unspecified atom stereocenters. The van der Waals surface area contributed by atoms with Crippen molar-refractivity contribution in [2.24, 2.45) is 5.73 Å². The van der Waals surface area contributed by atoms with Crippen LogP contribution in [-0.2, 0) is 0 Å². The molecular formula is C21H22BrNO3. The van der Waals surface area contributed by atoms with Crippen LogP contribution in [0.1, 0.15) is 29.3 Å². The van der Waals surface area contributed by atoms with Crippen molar-refractivity contribution < 1.29 is 14.6 Å². The fourth-order valence-corrected chi connectivity index (χ4v) is 2.66. The van der Waals surface area contributed by atoms with Gasteiger partial charge in [0.1, 0.15) is 18.1 Å². The van der Waals surface area contributed by atoms with Crippen molar-refractivity contribution in [3.63, 3.8) is 0 Å². The molecule has 0 fully saturated rings. The van der Waals surface area contributed by atoms with Gasteiger partial charge in [-0.3, -0.25) is 4.79 Å². The lowest BCUT2D eigenvalue weighted by molar-refractivity contribution is 0.103. The lowest BCUT2D eigenvalue weighted by Crippen LogP contribution is -2.32. The monoisotopic (exact) mass is 415 g/mol. The largest absolute Gasteiger partial charge is 0.507 e. The molecule has 0 bridgehead atoms. The lowest BCUT2D eigenvalue weighted by atomic mass is 9.99. The van der Waals surface area contributed by atoms with E-state index in [0.717, 1.165) is 4.47 Å². The number of hydrogen-bond donors (Lipinski definition) is 2. The minimum atomic E-state index is -0.464. The molecule has 0 radical (unpaired) electrons. The number of ketones is 1. The summed E-state index contributed by atoms with van der Waals surface area (Å²) in [5.41, 5.74) is 6.33. The van der Waals surface area contributed by atoms with Gasteiger partial charge in [-0.15, -0.1) is 6.58 Å². The van der Waals surface area contributed by atoms with Gasteiger partial charge in [0.25, 0.3) is 0 Å². The van der Waals surface area contributed by atoms with Crippen LogP contribution in [0.2, 0.25) is 0 Å². The summed E-state index contributed by atoms with van der Waals surface area (Å²) in [7, 11) is 0. The van der Waals surface area contributed by atoms with E-state index in [1.165, 1.54) is 6.07 Å². The van der Waals surface area contributed by atoms with Crippen molar-refractivity contribution in [2.45, 2.75) is 18.9 Å². The molecule has 1 atom stereocenters. The molecule has 4 nitrogen and oxygen atoms in total. The number of nitrogens with two attached hydrogens (primary N) is 1. The zero-order chi connectivity index (χ0) is 19.2. The number of phenolic OH excluding ortho intramolecular Hbond substituents is 1. The van der Waals surface area contributed by atoms with E-state index >= 15 is 0 Å². The number of hydrogen-bond acceptors (Lipinski definition) is 4. The van der Waals surface area contributed by atoms with Gasteiger partial charge in [-0.05, 0) is 55.8 Å². The first-order chi connectivity index (χ1) is 12.3. The van der Waals surface area contributed by atoms with Gasteiger partial charge >= 0.3 is 0 Å². The van der Waals surface area contributed by atoms with Crippen LogP contribution in [0.25, 0.3) is 0 Å². The molecule has 136 valence electrons. The topological polar surface area (TPSA) is 72.5 Å². The molecule has 2 aromatic rings. The average molecular weight is 416 g/mol. The van der Waals surface area contributed by atoms with E-state index < -0.39 is 5.54 Å². The Balaban J connectivity index is 2.03. The smallest absolute Gasteiger partial charge is 0.196 e. The second kappa shape index (κ2) is 8.83. The Hall–Kier alpha value is -2.37. The van der Waals surface area contributed by atoms with Crippen LogP contribution < -0.4 is 10.5 Å². The number of rotatable bonds is 8. The predicted molar refractivity (Wildman–Crippen MR) is 108 cm³/mol. The zero-order valence-electron chi connectivity index (χ0n) is 14.6. The number of carbonyl (C=O) groups is 1. The standard InChI is InChI=1S/C21H22BrNO3/c1-3-11-21(2,23)12-4-13-26-17-9-10-18(19(24)14-17)20(25)15-5-7-16(22)8-6-15/h3-10,12,14,24H,1,11,13,23H2,2H3. The fourth-order valence-electron chi connectivity index (χ4n) is 2.39. The Morgan fingerprint density at radius 1 is 1.31 bits per heavy atom. The highest BCUT2D eigenvalue weighted by atomic mass is 79.9. The number of carbonyl (C=O) groups excluding carboxylic acids is 1. The van der Waals surface area contributed by atoms with Crippen LogP contribution in [0.15, 0.2) is 71.7 Å². The van der Waals surface area contributed by atoms with Gasteiger partial charge in [0, 0.05) is 21.6 Å². The SMILES string of the molecule is C=CCC(C)(N)C=CCOc1ccc(C(=O)c2ccc(Br)cc2)c(O)c1. The third-order valence-corrected chi connectivity index (χ3v) is 4.28. The lowest BCUT2D eigenvalue weighted by Gasteiger charge is -2.17. The maximum atomic E-state index is 12.5. The van der Waals surface area contributed by atoms with E-state index in [-0.39, 0.29) is 17.1 Å². The molecule has 0 saturated carbocycles. The third kappa shape index (κ3) is 5.58. The first-order valence-electron chi connectivity index (χ1n) is 8.16. The molecule has 2 aromatic carbocycles. The van der Waals surface area contributed by atoms with Crippen LogP contribution in [0.4, 0.5) is 0 Å². The van der Waals surface area contributed by atoms with Crippen LogP contribution in [-0.4, -0.2) is 23.0 Å². The molecule has 0 aliphatic rings. The Kier molecular flexibility index (Phi) is 6.77. The summed E-state index contributed by atoms with van der Waals surface area (Å²) in [6.45, 7) is 5.89. The predicted octanol–water partition coefficient (Wildman–Crippen LogP) is 4.61. The van der Waals surface area contributed by atoms with Gasteiger partial charge in [0.15, 0.2) is 5.78 Å². The van der Waals surface area contributed by atoms with Crippen molar-refractivity contribution in [1.82, 2.24) is 0 Å². The quantitative estimate of drug-likeness (QED) is 0.487. The third-order valence-electron chi connectivity index (χ3n) is 3.75. The molecule has 5 heteroatoms. The van der Waals surface area contributed by atoms with Crippen LogP contribution >= 0.6 is 15.9 Å². The molecule has 0 saturated heterocycles. The maximum absolute atomic E-state index is 12.5. The molecule has 0 heterocycles. The van der Waals surface area contributed by atoms with Gasteiger partial charge in [0.05, 0.1) is 5.56 Å². The minimum absolute atomic E-state index is 0.116. The first kappa shape index (κ1) is 19.9. The maximum Gasteiger partial charge on any atom is 0.196 e. The zero-order valence-corrected chi connectivity index (χ0v) is 16.2. The number of phenols is 1. The first-order valence-corrected chi connectivity index (χ1v) is 8.95. The van der Waals surface area contributed by atoms with Gasteiger partial charge in [-0.1, -0.05) is 28.1 Å². The normalized spacial score (nSPS) is 13.3. The van der Waals surface area contributed by atoms with Crippen LogP contribution in [0.3, 0.4) is 0 Å². The molecule has 0 aromatic heterocycles. The second-order valence-corrected chi connectivity index (χ2v) is 7.14. The van der Waals surface area contributed by atoms with E-state index in [0.29, 0.717) is 24.3 Å². The summed E-state index contributed by atoms with van der Waals surface area (Å²) < 4.78 is 6.46. The molecular weight excluding hydrogens is 394 g/mol. The minimum Gasteiger partial charge on any atom is -0.507 e. The Labute approximate surface area is 162 Å².